The summed E-state index contributed by atoms with van der Waals surface area (Å²) in [5.41, 5.74) is -0.867. The van der Waals surface area contributed by atoms with E-state index in [1.54, 1.807) is 0 Å². The van der Waals surface area contributed by atoms with E-state index < -0.39 is 17.6 Å². The summed E-state index contributed by atoms with van der Waals surface area (Å²) >= 11 is 6.24. The van der Waals surface area contributed by atoms with Crippen molar-refractivity contribution in [1.82, 2.24) is 5.32 Å². The average molecular weight is 417 g/mol. The molecule has 7 heteroatoms. The predicted octanol–water partition coefficient (Wildman–Crippen LogP) is 4.62. The monoisotopic (exact) mass is 415 g/mol. The summed E-state index contributed by atoms with van der Waals surface area (Å²) in [6.45, 7) is 4.31. The van der Waals surface area contributed by atoms with Crippen molar-refractivity contribution in [3.8, 4) is 0 Å². The van der Waals surface area contributed by atoms with Crippen molar-refractivity contribution in [2.75, 3.05) is 6.54 Å². The molecule has 0 aliphatic carbocycles. The Kier molecular flexibility index (Phi) is 6.06. The van der Waals surface area contributed by atoms with Gasteiger partial charge in [-0.1, -0.05) is 45.7 Å². The van der Waals surface area contributed by atoms with Crippen molar-refractivity contribution < 1.29 is 18.0 Å². The van der Waals surface area contributed by atoms with Gasteiger partial charge >= 0.3 is 6.18 Å². The topological polar surface area (TPSA) is 29.1 Å². The number of halogens is 5. The Morgan fingerprint density at radius 3 is 2.45 bits per heavy atom. The lowest BCUT2D eigenvalue weighted by molar-refractivity contribution is -0.138. The van der Waals surface area contributed by atoms with Crippen LogP contribution in [0.4, 0.5) is 13.2 Å². The van der Waals surface area contributed by atoms with E-state index in [0.29, 0.717) is 12.5 Å². The van der Waals surface area contributed by atoms with Gasteiger partial charge in [0.1, 0.15) is 0 Å². The number of rotatable bonds is 4. The second-order valence-electron chi connectivity index (χ2n) is 4.66. The minimum Gasteiger partial charge on any atom is -0.351 e. The first kappa shape index (κ1) is 17.5. The third kappa shape index (κ3) is 4.77. The van der Waals surface area contributed by atoms with Gasteiger partial charge in [-0.2, -0.15) is 13.2 Å². The van der Waals surface area contributed by atoms with E-state index in [4.69, 9.17) is 0 Å². The zero-order valence-corrected chi connectivity index (χ0v) is 14.1. The van der Waals surface area contributed by atoms with Crippen LogP contribution in [0.2, 0.25) is 0 Å². The fourth-order valence-electron chi connectivity index (χ4n) is 1.41. The van der Waals surface area contributed by atoms with Crippen molar-refractivity contribution >= 4 is 37.8 Å². The van der Waals surface area contributed by atoms with Gasteiger partial charge < -0.3 is 5.32 Å². The van der Waals surface area contributed by atoms with E-state index in [9.17, 15) is 18.0 Å². The molecule has 2 nitrogen and oxygen atoms in total. The second kappa shape index (κ2) is 6.93. The van der Waals surface area contributed by atoms with Crippen molar-refractivity contribution in [3.63, 3.8) is 0 Å². The standard InChI is InChI=1S/C13H14Br2F3NO/c1-7(2)11(15)6-19-12(20)8-3-4-10(14)9(5-8)13(16,17)18/h3-5,7,11H,6H2,1-2H3,(H,19,20). The molecular formula is C13H14Br2F3NO. The summed E-state index contributed by atoms with van der Waals surface area (Å²) in [5, 5.41) is 2.61. The van der Waals surface area contributed by atoms with Gasteiger partial charge in [-0.25, -0.2) is 0 Å². The molecule has 0 aliphatic rings. The molecule has 20 heavy (non-hydrogen) atoms. The van der Waals surface area contributed by atoms with Gasteiger partial charge in [-0.3, -0.25) is 4.79 Å². The van der Waals surface area contributed by atoms with Crippen LogP contribution in [0.5, 0.6) is 0 Å². The molecule has 1 aromatic carbocycles. The highest BCUT2D eigenvalue weighted by Gasteiger charge is 2.33. The van der Waals surface area contributed by atoms with Crippen molar-refractivity contribution in [1.29, 1.82) is 0 Å². The third-order valence-electron chi connectivity index (χ3n) is 2.71. The molecule has 0 saturated carbocycles. The van der Waals surface area contributed by atoms with Gasteiger partial charge in [0.25, 0.3) is 5.91 Å². The number of hydrogen-bond acceptors (Lipinski definition) is 1. The zero-order valence-electron chi connectivity index (χ0n) is 10.9. The molecule has 0 spiro atoms. The molecule has 0 fully saturated rings. The zero-order chi connectivity index (χ0) is 15.5. The number of hydrogen-bond donors (Lipinski definition) is 1. The fourth-order valence-corrected chi connectivity index (χ4v) is 2.05. The Balaban J connectivity index is 2.85. The maximum absolute atomic E-state index is 12.7. The Morgan fingerprint density at radius 2 is 1.95 bits per heavy atom. The molecule has 1 amide bonds. The fraction of sp³-hybridized carbons (Fsp3) is 0.462. The van der Waals surface area contributed by atoms with Crippen molar-refractivity contribution in [3.05, 3.63) is 33.8 Å². The van der Waals surface area contributed by atoms with Crippen LogP contribution in [0.25, 0.3) is 0 Å². The van der Waals surface area contributed by atoms with Crippen LogP contribution in [0, 0.1) is 5.92 Å². The first-order valence-electron chi connectivity index (χ1n) is 5.92. The summed E-state index contributed by atoms with van der Waals surface area (Å²) in [6, 6.07) is 3.43. The minimum atomic E-state index is -4.50. The molecule has 1 rings (SSSR count). The number of carbonyl (C=O) groups excluding carboxylic acids is 1. The lowest BCUT2D eigenvalue weighted by Crippen LogP contribution is -2.31. The van der Waals surface area contributed by atoms with Gasteiger partial charge in [-0.05, 0) is 24.1 Å². The Morgan fingerprint density at radius 1 is 1.35 bits per heavy atom. The first-order valence-corrected chi connectivity index (χ1v) is 7.62. The molecule has 0 saturated heterocycles. The summed E-state index contributed by atoms with van der Waals surface area (Å²) < 4.78 is 38.1. The number of amides is 1. The lowest BCUT2D eigenvalue weighted by atomic mass is 10.1. The molecule has 1 atom stereocenters. The molecule has 0 aliphatic heterocycles. The Bertz CT molecular complexity index is 489. The molecular weight excluding hydrogens is 403 g/mol. The highest BCUT2D eigenvalue weighted by atomic mass is 79.9. The van der Waals surface area contributed by atoms with Crippen LogP contribution in [-0.4, -0.2) is 17.3 Å². The Labute approximate surface area is 132 Å². The number of carbonyl (C=O) groups is 1. The quantitative estimate of drug-likeness (QED) is 0.713. The summed E-state index contributed by atoms with van der Waals surface area (Å²) in [4.78, 5) is 11.9. The summed E-state index contributed by atoms with van der Waals surface area (Å²) in [5.74, 6) is -0.209. The van der Waals surface area contributed by atoms with Crippen LogP contribution >= 0.6 is 31.9 Å². The van der Waals surface area contributed by atoms with E-state index in [1.165, 1.54) is 12.1 Å². The van der Waals surface area contributed by atoms with E-state index >= 15 is 0 Å². The summed E-state index contributed by atoms with van der Waals surface area (Å²) in [6.07, 6.45) is -4.50. The molecule has 1 unspecified atom stereocenters. The number of nitrogens with one attached hydrogen (secondary N) is 1. The van der Waals surface area contributed by atoms with Gasteiger partial charge in [0.15, 0.2) is 0 Å². The molecule has 1 N–H and O–H groups in total. The van der Waals surface area contributed by atoms with Crippen molar-refractivity contribution in [2.24, 2.45) is 5.92 Å². The Hall–Kier alpha value is -0.560. The SMILES string of the molecule is CC(C)C(Br)CNC(=O)c1ccc(Br)c(C(F)(F)F)c1. The second-order valence-corrected chi connectivity index (χ2v) is 6.69. The molecule has 0 aromatic heterocycles. The smallest absolute Gasteiger partial charge is 0.351 e. The predicted molar refractivity (Wildman–Crippen MR) is 79.0 cm³/mol. The number of benzene rings is 1. The normalized spacial score (nSPS) is 13.4. The maximum Gasteiger partial charge on any atom is 0.417 e. The van der Waals surface area contributed by atoms with Crippen LogP contribution < -0.4 is 5.32 Å². The molecule has 0 radical (unpaired) electrons. The molecule has 0 heterocycles. The van der Waals surface area contributed by atoms with Crippen LogP contribution in [0.3, 0.4) is 0 Å². The highest BCUT2D eigenvalue weighted by molar-refractivity contribution is 9.10. The van der Waals surface area contributed by atoms with Gasteiger partial charge in [-0.15, -0.1) is 0 Å². The molecule has 112 valence electrons. The molecule has 0 bridgehead atoms. The van der Waals surface area contributed by atoms with E-state index in [2.05, 4.69) is 37.2 Å². The highest BCUT2D eigenvalue weighted by Crippen LogP contribution is 2.35. The van der Waals surface area contributed by atoms with E-state index in [0.717, 1.165) is 6.07 Å². The number of alkyl halides is 4. The van der Waals surface area contributed by atoms with E-state index in [-0.39, 0.29) is 14.9 Å². The first-order chi connectivity index (χ1) is 9.12. The van der Waals surface area contributed by atoms with Gasteiger partial charge in [0.05, 0.1) is 5.56 Å². The van der Waals surface area contributed by atoms with Crippen LogP contribution in [0.1, 0.15) is 29.8 Å². The maximum atomic E-state index is 12.7. The lowest BCUT2D eigenvalue weighted by Gasteiger charge is -2.15. The van der Waals surface area contributed by atoms with Crippen LogP contribution in [0.15, 0.2) is 22.7 Å². The minimum absolute atomic E-state index is 0.0102. The van der Waals surface area contributed by atoms with Crippen LogP contribution in [-0.2, 0) is 6.18 Å². The summed E-state index contributed by atoms with van der Waals surface area (Å²) in [7, 11) is 0. The largest absolute Gasteiger partial charge is 0.417 e. The average Bonchev–Trinajstić information content (AvgIpc) is 2.34. The van der Waals surface area contributed by atoms with Gasteiger partial charge in [0, 0.05) is 21.4 Å². The van der Waals surface area contributed by atoms with Gasteiger partial charge in [0.2, 0.25) is 0 Å². The third-order valence-corrected chi connectivity index (χ3v) is 4.79. The molecule has 1 aromatic rings. The van der Waals surface area contributed by atoms with Crippen molar-refractivity contribution in [2.45, 2.75) is 24.9 Å². The van der Waals surface area contributed by atoms with E-state index in [1.807, 2.05) is 13.8 Å².